The van der Waals surface area contributed by atoms with Gasteiger partial charge in [0.05, 0.1) is 27.8 Å². The Balaban J connectivity index is 1.96. The first kappa shape index (κ1) is 15.8. The van der Waals surface area contributed by atoms with Crippen LogP contribution < -0.4 is 9.47 Å². The third-order valence-corrected chi connectivity index (χ3v) is 3.24. The molecule has 1 aliphatic heterocycles. The Labute approximate surface area is 133 Å². The van der Waals surface area contributed by atoms with Gasteiger partial charge in [0.2, 0.25) is 6.79 Å². The van der Waals surface area contributed by atoms with Crippen LogP contribution in [0.3, 0.4) is 0 Å². The van der Waals surface area contributed by atoms with E-state index in [1.165, 1.54) is 24.3 Å². The third-order valence-electron chi connectivity index (χ3n) is 3.24. The first-order valence-corrected chi connectivity index (χ1v) is 6.64. The summed E-state index contributed by atoms with van der Waals surface area (Å²) < 4.78 is 48.2. The Morgan fingerprint density at radius 2 is 1.88 bits per heavy atom. The molecule has 0 saturated carbocycles. The van der Waals surface area contributed by atoms with E-state index < -0.39 is 16.7 Å². The van der Waals surface area contributed by atoms with Crippen molar-refractivity contribution in [3.63, 3.8) is 0 Å². The standard InChI is InChI=1S/C15H9F3N2O4/c16-15(17,18)10-2-1-3-11(5-10)19-7-9-4-13-14(24-8-23-13)6-12(9)20(21)22/h1-7H,8H2. The molecule has 0 aromatic heterocycles. The molecular weight excluding hydrogens is 329 g/mol. The number of ether oxygens (including phenoxy) is 2. The van der Waals surface area contributed by atoms with E-state index in [-0.39, 0.29) is 29.5 Å². The Kier molecular flexibility index (Phi) is 3.84. The van der Waals surface area contributed by atoms with E-state index >= 15 is 0 Å². The number of hydrogen-bond acceptors (Lipinski definition) is 5. The molecule has 6 nitrogen and oxygen atoms in total. The fourth-order valence-electron chi connectivity index (χ4n) is 2.12. The number of hydrogen-bond donors (Lipinski definition) is 0. The van der Waals surface area contributed by atoms with Crippen LogP contribution in [0.25, 0.3) is 0 Å². The van der Waals surface area contributed by atoms with Gasteiger partial charge in [-0.15, -0.1) is 0 Å². The second kappa shape index (κ2) is 5.84. The van der Waals surface area contributed by atoms with Crippen molar-refractivity contribution in [1.29, 1.82) is 0 Å². The largest absolute Gasteiger partial charge is 0.454 e. The second-order valence-corrected chi connectivity index (χ2v) is 4.83. The number of nitrogens with zero attached hydrogens (tertiary/aromatic N) is 2. The van der Waals surface area contributed by atoms with Crippen LogP contribution >= 0.6 is 0 Å². The van der Waals surface area contributed by atoms with E-state index in [0.717, 1.165) is 18.3 Å². The molecule has 9 heteroatoms. The van der Waals surface area contributed by atoms with E-state index in [0.29, 0.717) is 5.75 Å². The lowest BCUT2D eigenvalue weighted by Gasteiger charge is -2.06. The molecule has 2 aromatic rings. The van der Waals surface area contributed by atoms with Crippen LogP contribution in [0.15, 0.2) is 41.4 Å². The summed E-state index contributed by atoms with van der Waals surface area (Å²) in [5, 5.41) is 11.1. The van der Waals surface area contributed by atoms with Crippen molar-refractivity contribution in [2.24, 2.45) is 4.99 Å². The van der Waals surface area contributed by atoms with Gasteiger partial charge in [-0.3, -0.25) is 15.1 Å². The number of nitro groups is 1. The van der Waals surface area contributed by atoms with Crippen molar-refractivity contribution in [3.8, 4) is 11.5 Å². The first-order chi connectivity index (χ1) is 11.3. The van der Waals surface area contributed by atoms with Gasteiger partial charge in [0.15, 0.2) is 11.5 Å². The number of fused-ring (bicyclic) bond motifs is 1. The number of halogens is 3. The molecule has 0 spiro atoms. The van der Waals surface area contributed by atoms with Crippen LogP contribution in [0.2, 0.25) is 0 Å². The average molecular weight is 338 g/mol. The van der Waals surface area contributed by atoms with Crippen LogP contribution in [0.5, 0.6) is 11.5 Å². The van der Waals surface area contributed by atoms with Crippen LogP contribution in [0, 0.1) is 10.1 Å². The minimum absolute atomic E-state index is 0.0248. The zero-order chi connectivity index (χ0) is 17.3. The number of nitro benzene ring substituents is 1. The first-order valence-electron chi connectivity index (χ1n) is 6.64. The number of rotatable bonds is 3. The van der Waals surface area contributed by atoms with Crippen molar-refractivity contribution >= 4 is 17.6 Å². The molecule has 0 N–H and O–H groups in total. The normalized spacial score (nSPS) is 13.5. The van der Waals surface area contributed by atoms with Gasteiger partial charge >= 0.3 is 6.18 Å². The maximum Gasteiger partial charge on any atom is 0.416 e. The van der Waals surface area contributed by atoms with Gasteiger partial charge in [-0.2, -0.15) is 13.2 Å². The highest BCUT2D eigenvalue weighted by Crippen LogP contribution is 2.37. The molecule has 2 aromatic carbocycles. The summed E-state index contributed by atoms with van der Waals surface area (Å²) in [6.07, 6.45) is -3.37. The summed E-state index contributed by atoms with van der Waals surface area (Å²) in [6.45, 7) is -0.0548. The molecule has 0 unspecified atom stereocenters. The highest BCUT2D eigenvalue weighted by molar-refractivity contribution is 5.88. The van der Waals surface area contributed by atoms with Crippen LogP contribution in [0.4, 0.5) is 24.5 Å². The molecule has 1 aliphatic rings. The minimum atomic E-state index is -4.49. The van der Waals surface area contributed by atoms with Crippen molar-refractivity contribution in [2.45, 2.75) is 6.18 Å². The molecule has 0 fully saturated rings. The summed E-state index contributed by atoms with van der Waals surface area (Å²) in [7, 11) is 0. The SMILES string of the molecule is O=[N+]([O-])c1cc2c(cc1C=Nc1cccc(C(F)(F)F)c1)OCO2. The molecule has 3 rings (SSSR count). The maximum atomic E-state index is 12.7. The van der Waals surface area contributed by atoms with Crippen LogP contribution in [0.1, 0.15) is 11.1 Å². The number of benzene rings is 2. The summed E-state index contributed by atoms with van der Waals surface area (Å²) in [5.41, 5.74) is -1.01. The fourth-order valence-corrected chi connectivity index (χ4v) is 2.12. The van der Waals surface area contributed by atoms with Crippen molar-refractivity contribution in [3.05, 3.63) is 57.6 Å². The summed E-state index contributed by atoms with van der Waals surface area (Å²) in [4.78, 5) is 14.4. The van der Waals surface area contributed by atoms with Crippen LogP contribution in [-0.2, 0) is 6.18 Å². The molecule has 0 bridgehead atoms. The molecule has 0 atom stereocenters. The van der Waals surface area contributed by atoms with Gasteiger partial charge in [0, 0.05) is 6.21 Å². The maximum absolute atomic E-state index is 12.7. The molecule has 124 valence electrons. The Morgan fingerprint density at radius 3 is 2.54 bits per heavy atom. The quantitative estimate of drug-likeness (QED) is 0.480. The van der Waals surface area contributed by atoms with Gasteiger partial charge in [-0.05, 0) is 24.3 Å². The summed E-state index contributed by atoms with van der Waals surface area (Å²) >= 11 is 0. The Bertz CT molecular complexity index is 834. The van der Waals surface area contributed by atoms with E-state index in [1.807, 2.05) is 0 Å². The number of aliphatic imine (C=N–C) groups is 1. The molecule has 0 saturated heterocycles. The van der Waals surface area contributed by atoms with Gasteiger partial charge in [-0.25, -0.2) is 0 Å². The van der Waals surface area contributed by atoms with E-state index in [2.05, 4.69) is 4.99 Å². The summed E-state index contributed by atoms with van der Waals surface area (Å²) in [5.74, 6) is 0.545. The highest BCUT2D eigenvalue weighted by atomic mass is 19.4. The predicted octanol–water partition coefficient (Wildman–Crippen LogP) is 4.09. The molecule has 0 aliphatic carbocycles. The fraction of sp³-hybridized carbons (Fsp3) is 0.133. The van der Waals surface area contributed by atoms with Crippen molar-refractivity contribution in [2.75, 3.05) is 6.79 Å². The predicted molar refractivity (Wildman–Crippen MR) is 77.9 cm³/mol. The molecule has 1 heterocycles. The lowest BCUT2D eigenvalue weighted by molar-refractivity contribution is -0.385. The average Bonchev–Trinajstić information content (AvgIpc) is 2.98. The van der Waals surface area contributed by atoms with Crippen molar-refractivity contribution in [1.82, 2.24) is 0 Å². The Morgan fingerprint density at radius 1 is 1.17 bits per heavy atom. The van der Waals surface area contributed by atoms with E-state index in [1.54, 1.807) is 0 Å². The third kappa shape index (κ3) is 3.14. The highest BCUT2D eigenvalue weighted by Gasteiger charge is 2.30. The zero-order valence-electron chi connectivity index (χ0n) is 11.9. The zero-order valence-corrected chi connectivity index (χ0v) is 11.9. The summed E-state index contributed by atoms with van der Waals surface area (Å²) in [6, 6.07) is 6.90. The molecule has 0 radical (unpaired) electrons. The molecule has 24 heavy (non-hydrogen) atoms. The van der Waals surface area contributed by atoms with Gasteiger partial charge in [0.1, 0.15) is 0 Å². The lowest BCUT2D eigenvalue weighted by Crippen LogP contribution is -2.03. The molecular formula is C15H9F3N2O4. The monoisotopic (exact) mass is 338 g/mol. The Hall–Kier alpha value is -3.10. The van der Waals surface area contributed by atoms with Gasteiger partial charge in [-0.1, -0.05) is 6.07 Å². The van der Waals surface area contributed by atoms with Crippen LogP contribution in [-0.4, -0.2) is 17.9 Å². The van der Waals surface area contributed by atoms with E-state index in [4.69, 9.17) is 9.47 Å². The van der Waals surface area contributed by atoms with Gasteiger partial charge < -0.3 is 9.47 Å². The number of alkyl halides is 3. The minimum Gasteiger partial charge on any atom is -0.454 e. The van der Waals surface area contributed by atoms with Crippen molar-refractivity contribution < 1.29 is 27.6 Å². The second-order valence-electron chi connectivity index (χ2n) is 4.83. The molecule has 0 amide bonds. The smallest absolute Gasteiger partial charge is 0.416 e. The topological polar surface area (TPSA) is 74.0 Å². The van der Waals surface area contributed by atoms with Gasteiger partial charge in [0.25, 0.3) is 5.69 Å². The lowest BCUT2D eigenvalue weighted by atomic mass is 10.1. The van der Waals surface area contributed by atoms with E-state index in [9.17, 15) is 23.3 Å².